The van der Waals surface area contributed by atoms with E-state index in [-0.39, 0.29) is 6.10 Å². The fraction of sp³-hybridized carbons (Fsp3) is 0.800. The van der Waals surface area contributed by atoms with Crippen LogP contribution in [0.2, 0.25) is 0 Å². The zero-order valence-corrected chi connectivity index (χ0v) is 5.00. The van der Waals surface area contributed by atoms with Crippen molar-refractivity contribution in [3.63, 3.8) is 0 Å². The summed E-state index contributed by atoms with van der Waals surface area (Å²) >= 11 is 0. The summed E-state index contributed by atoms with van der Waals surface area (Å²) < 4.78 is 9.16. The van der Waals surface area contributed by atoms with Crippen molar-refractivity contribution in [1.29, 1.82) is 0 Å². The fourth-order valence-corrected chi connectivity index (χ4v) is 0.693. The molecule has 1 aliphatic heterocycles. The van der Waals surface area contributed by atoms with Crippen LogP contribution < -0.4 is 5.73 Å². The molecule has 52 valence electrons. The Bertz CT molecular complexity index is 115. The van der Waals surface area contributed by atoms with Gasteiger partial charge >= 0.3 is 6.16 Å². The van der Waals surface area contributed by atoms with E-state index in [4.69, 9.17) is 5.73 Å². The van der Waals surface area contributed by atoms with Crippen molar-refractivity contribution in [2.75, 3.05) is 13.2 Å². The minimum atomic E-state index is -0.576. The second-order valence-corrected chi connectivity index (χ2v) is 1.88. The van der Waals surface area contributed by atoms with Crippen LogP contribution in [-0.2, 0) is 9.47 Å². The average molecular weight is 131 g/mol. The van der Waals surface area contributed by atoms with Crippen molar-refractivity contribution < 1.29 is 14.3 Å². The summed E-state index contributed by atoms with van der Waals surface area (Å²) in [6.07, 6.45) is 0.00194. The summed E-state index contributed by atoms with van der Waals surface area (Å²) in [4.78, 5) is 10.2. The third-order valence-electron chi connectivity index (χ3n) is 1.14. The van der Waals surface area contributed by atoms with E-state index in [0.717, 1.165) is 0 Å². The molecule has 0 aromatic rings. The highest BCUT2D eigenvalue weighted by atomic mass is 16.8. The maximum absolute atomic E-state index is 10.2. The fourth-order valence-electron chi connectivity index (χ4n) is 0.693. The van der Waals surface area contributed by atoms with Gasteiger partial charge in [0.2, 0.25) is 0 Å². The summed E-state index contributed by atoms with van der Waals surface area (Å²) in [5.74, 6) is 0. The van der Waals surface area contributed by atoms with E-state index >= 15 is 0 Å². The third-order valence-corrected chi connectivity index (χ3v) is 1.14. The Morgan fingerprint density at radius 1 is 1.78 bits per heavy atom. The Morgan fingerprint density at radius 2 is 2.56 bits per heavy atom. The molecule has 0 saturated carbocycles. The zero-order chi connectivity index (χ0) is 6.69. The van der Waals surface area contributed by atoms with Crippen molar-refractivity contribution in [3.8, 4) is 0 Å². The van der Waals surface area contributed by atoms with Crippen LogP contribution in [0.5, 0.6) is 0 Å². The van der Waals surface area contributed by atoms with Crippen molar-refractivity contribution in [2.24, 2.45) is 5.73 Å². The zero-order valence-electron chi connectivity index (χ0n) is 5.00. The van der Waals surface area contributed by atoms with Gasteiger partial charge in [0.15, 0.2) is 0 Å². The first-order valence-electron chi connectivity index (χ1n) is 2.86. The lowest BCUT2D eigenvalue weighted by Crippen LogP contribution is -2.15. The van der Waals surface area contributed by atoms with Gasteiger partial charge in [-0.25, -0.2) is 4.79 Å². The quantitative estimate of drug-likeness (QED) is 0.530. The van der Waals surface area contributed by atoms with Crippen LogP contribution in [0, 0.1) is 0 Å². The molecule has 1 atom stereocenters. The van der Waals surface area contributed by atoms with Crippen LogP contribution in [0.4, 0.5) is 4.79 Å². The van der Waals surface area contributed by atoms with E-state index in [9.17, 15) is 4.79 Å². The van der Waals surface area contributed by atoms with Crippen LogP contribution in [-0.4, -0.2) is 25.4 Å². The van der Waals surface area contributed by atoms with Gasteiger partial charge in [0, 0.05) is 6.42 Å². The largest absolute Gasteiger partial charge is 0.508 e. The monoisotopic (exact) mass is 131 g/mol. The summed E-state index contributed by atoms with van der Waals surface area (Å²) in [7, 11) is 0. The van der Waals surface area contributed by atoms with Gasteiger partial charge in [0.1, 0.15) is 12.7 Å². The number of carbonyl (C=O) groups excluding carboxylic acids is 1. The molecule has 1 heterocycles. The summed E-state index contributed by atoms with van der Waals surface area (Å²) in [6.45, 7) is 0.886. The molecule has 1 saturated heterocycles. The molecular weight excluding hydrogens is 122 g/mol. The predicted molar refractivity (Wildman–Crippen MR) is 29.9 cm³/mol. The van der Waals surface area contributed by atoms with Crippen LogP contribution in [0.3, 0.4) is 0 Å². The lowest BCUT2D eigenvalue weighted by atomic mass is 10.3. The van der Waals surface area contributed by atoms with E-state index in [1.165, 1.54) is 0 Å². The minimum absolute atomic E-state index is 0.109. The Morgan fingerprint density at radius 3 is 3.00 bits per heavy atom. The minimum Gasteiger partial charge on any atom is -0.430 e. The third kappa shape index (κ3) is 1.57. The van der Waals surface area contributed by atoms with Gasteiger partial charge in [-0.2, -0.15) is 0 Å². The van der Waals surface area contributed by atoms with Gasteiger partial charge in [-0.3, -0.25) is 0 Å². The molecule has 2 N–H and O–H groups in total. The van der Waals surface area contributed by atoms with E-state index in [1.54, 1.807) is 0 Å². The first-order valence-corrected chi connectivity index (χ1v) is 2.86. The second-order valence-electron chi connectivity index (χ2n) is 1.88. The van der Waals surface area contributed by atoms with Crippen molar-refractivity contribution in [1.82, 2.24) is 0 Å². The number of hydrogen-bond donors (Lipinski definition) is 1. The summed E-state index contributed by atoms with van der Waals surface area (Å²) in [5, 5.41) is 0. The van der Waals surface area contributed by atoms with Gasteiger partial charge in [0.25, 0.3) is 0 Å². The standard InChI is InChI=1S/C5H9NO3/c6-2-1-4-3-8-5(7)9-4/h4H,1-3,6H2. The molecule has 1 fully saturated rings. The molecule has 9 heavy (non-hydrogen) atoms. The van der Waals surface area contributed by atoms with Crippen LogP contribution in [0.15, 0.2) is 0 Å². The highest BCUT2D eigenvalue weighted by Crippen LogP contribution is 2.07. The van der Waals surface area contributed by atoms with Gasteiger partial charge in [0.05, 0.1) is 0 Å². The maximum Gasteiger partial charge on any atom is 0.508 e. The number of nitrogens with two attached hydrogens (primary N) is 1. The molecule has 0 aromatic carbocycles. The number of ether oxygens (including phenoxy) is 2. The van der Waals surface area contributed by atoms with Crippen molar-refractivity contribution >= 4 is 6.16 Å². The lowest BCUT2D eigenvalue weighted by molar-refractivity contribution is 0.117. The molecule has 4 nitrogen and oxygen atoms in total. The predicted octanol–water partition coefficient (Wildman–Crippen LogP) is -0.129. The summed E-state index contributed by atoms with van der Waals surface area (Å²) in [6, 6.07) is 0. The smallest absolute Gasteiger partial charge is 0.430 e. The van der Waals surface area contributed by atoms with E-state index < -0.39 is 6.16 Å². The maximum atomic E-state index is 10.2. The molecule has 1 unspecified atom stereocenters. The number of rotatable bonds is 2. The van der Waals surface area contributed by atoms with Crippen LogP contribution >= 0.6 is 0 Å². The van der Waals surface area contributed by atoms with Gasteiger partial charge < -0.3 is 15.2 Å². The van der Waals surface area contributed by atoms with Crippen LogP contribution in [0.25, 0.3) is 0 Å². The average Bonchev–Trinajstić information content (AvgIpc) is 2.17. The molecule has 0 amide bonds. The first-order chi connectivity index (χ1) is 4.33. The molecular formula is C5H9NO3. The summed E-state index contributed by atoms with van der Waals surface area (Å²) in [5.41, 5.74) is 5.21. The number of carbonyl (C=O) groups is 1. The molecule has 0 aromatic heterocycles. The highest BCUT2D eigenvalue weighted by molar-refractivity contribution is 5.61. The molecule has 4 heteroatoms. The Balaban J connectivity index is 2.22. The molecule has 0 spiro atoms. The van der Waals surface area contributed by atoms with Crippen molar-refractivity contribution in [3.05, 3.63) is 0 Å². The number of cyclic esters (lactones) is 2. The lowest BCUT2D eigenvalue weighted by Gasteiger charge is -2.00. The Hall–Kier alpha value is -0.770. The Kier molecular flexibility index (Phi) is 1.89. The van der Waals surface area contributed by atoms with Crippen LogP contribution in [0.1, 0.15) is 6.42 Å². The Labute approximate surface area is 52.9 Å². The molecule has 0 aliphatic carbocycles. The molecule has 1 rings (SSSR count). The second kappa shape index (κ2) is 2.68. The SMILES string of the molecule is NCCC1COC(=O)O1. The highest BCUT2D eigenvalue weighted by Gasteiger charge is 2.23. The number of hydrogen-bond acceptors (Lipinski definition) is 4. The molecule has 1 aliphatic rings. The van der Waals surface area contributed by atoms with Gasteiger partial charge in [-0.1, -0.05) is 0 Å². The topological polar surface area (TPSA) is 61.5 Å². The van der Waals surface area contributed by atoms with Gasteiger partial charge in [-0.15, -0.1) is 0 Å². The molecule has 0 radical (unpaired) electrons. The van der Waals surface area contributed by atoms with E-state index in [2.05, 4.69) is 9.47 Å². The van der Waals surface area contributed by atoms with Gasteiger partial charge in [-0.05, 0) is 6.54 Å². The first kappa shape index (κ1) is 6.35. The van der Waals surface area contributed by atoms with E-state index in [0.29, 0.717) is 19.6 Å². The van der Waals surface area contributed by atoms with Crippen molar-refractivity contribution in [2.45, 2.75) is 12.5 Å². The normalized spacial score (nSPS) is 25.4. The van der Waals surface area contributed by atoms with E-state index in [1.807, 2.05) is 0 Å². The molecule has 0 bridgehead atoms.